The summed E-state index contributed by atoms with van der Waals surface area (Å²) in [5.41, 5.74) is 0. The van der Waals surface area contributed by atoms with Gasteiger partial charge in [0.15, 0.2) is 5.96 Å². The topological polar surface area (TPSA) is 43.2 Å². The molecule has 0 saturated carbocycles. The molecule has 0 unspecified atom stereocenters. The van der Waals surface area contributed by atoms with Gasteiger partial charge >= 0.3 is 0 Å². The highest BCUT2D eigenvalue weighted by Crippen LogP contribution is 2.15. The molecule has 120 valence electrons. The second kappa shape index (κ2) is 7.66. The van der Waals surface area contributed by atoms with E-state index in [9.17, 15) is 0 Å². The van der Waals surface area contributed by atoms with Crippen molar-refractivity contribution in [1.29, 1.82) is 0 Å². The molecule has 0 aromatic carbocycles. The lowest BCUT2D eigenvalue weighted by molar-refractivity contribution is 0.346. The molecule has 0 spiro atoms. The standard InChI is InChI=1S/C9H16N2.C7H13N3.H2/c1-2-5-9-10-6-4-8-11(9)7-3-1;1-3-8-7-9-4-2-6-10(7)5-1;/h1-8H2;1-6H2,(H,8,9);1H. The van der Waals surface area contributed by atoms with Crippen molar-refractivity contribution < 1.29 is 1.43 Å². The Hall–Kier alpha value is -1.26. The highest BCUT2D eigenvalue weighted by atomic mass is 15.3. The van der Waals surface area contributed by atoms with E-state index < -0.39 is 0 Å². The number of aliphatic imine (C=N–C) groups is 2. The van der Waals surface area contributed by atoms with Crippen molar-refractivity contribution in [3.63, 3.8) is 0 Å². The third-order valence-corrected chi connectivity index (χ3v) is 4.61. The van der Waals surface area contributed by atoms with E-state index >= 15 is 0 Å². The minimum absolute atomic E-state index is 0. The molecule has 5 nitrogen and oxygen atoms in total. The van der Waals surface area contributed by atoms with Crippen molar-refractivity contribution in [3.05, 3.63) is 0 Å². The lowest BCUT2D eigenvalue weighted by Gasteiger charge is -2.33. The second-order valence-corrected chi connectivity index (χ2v) is 6.28. The molecule has 0 aromatic heterocycles. The Morgan fingerprint density at radius 3 is 2.43 bits per heavy atom. The van der Waals surface area contributed by atoms with Gasteiger partial charge in [-0.3, -0.25) is 9.98 Å². The SMILES string of the molecule is C1CCC2=NCCCN2CC1.C1CN=C2NCCCN2C1.[HH]. The van der Waals surface area contributed by atoms with Gasteiger partial charge in [0.1, 0.15) is 0 Å². The van der Waals surface area contributed by atoms with Gasteiger partial charge in [-0.15, -0.1) is 0 Å². The zero-order valence-electron chi connectivity index (χ0n) is 13.2. The molecule has 4 heterocycles. The fourth-order valence-corrected chi connectivity index (χ4v) is 3.45. The number of guanidine groups is 1. The average molecular weight is 293 g/mol. The van der Waals surface area contributed by atoms with Crippen LogP contribution in [0, 0.1) is 0 Å². The maximum atomic E-state index is 4.55. The number of hydrogen-bond donors (Lipinski definition) is 1. The first-order valence-electron chi connectivity index (χ1n) is 8.75. The molecular weight excluding hydrogens is 262 g/mol. The zero-order chi connectivity index (χ0) is 14.3. The van der Waals surface area contributed by atoms with Crippen molar-refractivity contribution >= 4 is 11.8 Å². The quantitative estimate of drug-likeness (QED) is 0.742. The molecule has 2 saturated heterocycles. The van der Waals surface area contributed by atoms with Crippen LogP contribution in [-0.4, -0.2) is 67.4 Å². The summed E-state index contributed by atoms with van der Waals surface area (Å²) in [6, 6.07) is 0. The van der Waals surface area contributed by atoms with Crippen LogP contribution in [0.25, 0.3) is 0 Å². The summed E-state index contributed by atoms with van der Waals surface area (Å²) in [5, 5.41) is 3.30. The minimum atomic E-state index is 0. The van der Waals surface area contributed by atoms with E-state index in [2.05, 4.69) is 25.1 Å². The predicted molar refractivity (Wildman–Crippen MR) is 90.2 cm³/mol. The average Bonchev–Trinajstić information content (AvgIpc) is 2.81. The van der Waals surface area contributed by atoms with E-state index in [-0.39, 0.29) is 1.43 Å². The number of amidine groups is 1. The smallest absolute Gasteiger partial charge is 0.193 e. The summed E-state index contributed by atoms with van der Waals surface area (Å²) < 4.78 is 0. The van der Waals surface area contributed by atoms with Gasteiger partial charge in [0.25, 0.3) is 0 Å². The fourth-order valence-electron chi connectivity index (χ4n) is 3.45. The van der Waals surface area contributed by atoms with Gasteiger partial charge in [0, 0.05) is 53.7 Å². The first-order valence-corrected chi connectivity index (χ1v) is 8.75. The number of fused-ring (bicyclic) bond motifs is 2. The van der Waals surface area contributed by atoms with E-state index in [1.165, 1.54) is 77.0 Å². The second-order valence-electron chi connectivity index (χ2n) is 6.28. The molecule has 4 aliphatic heterocycles. The summed E-state index contributed by atoms with van der Waals surface area (Å²) in [6.07, 6.45) is 9.12. The molecule has 2 fully saturated rings. The molecule has 0 bridgehead atoms. The van der Waals surface area contributed by atoms with Gasteiger partial charge in [0.2, 0.25) is 0 Å². The highest BCUT2D eigenvalue weighted by molar-refractivity contribution is 5.83. The van der Waals surface area contributed by atoms with Crippen molar-refractivity contribution in [2.45, 2.75) is 44.9 Å². The first kappa shape index (κ1) is 14.7. The monoisotopic (exact) mass is 293 g/mol. The molecular formula is C16H31N5. The Labute approximate surface area is 130 Å². The number of nitrogens with one attached hydrogen (secondary N) is 1. The molecule has 0 amide bonds. The van der Waals surface area contributed by atoms with Crippen LogP contribution < -0.4 is 5.32 Å². The fraction of sp³-hybridized carbons (Fsp3) is 0.875. The molecule has 0 aromatic rings. The van der Waals surface area contributed by atoms with Gasteiger partial charge in [-0.1, -0.05) is 6.42 Å². The van der Waals surface area contributed by atoms with E-state index in [0.717, 1.165) is 25.6 Å². The van der Waals surface area contributed by atoms with E-state index in [1.807, 2.05) is 0 Å². The zero-order valence-corrected chi connectivity index (χ0v) is 13.2. The first-order chi connectivity index (χ1) is 10.4. The summed E-state index contributed by atoms with van der Waals surface area (Å²) in [5.74, 6) is 2.53. The molecule has 1 N–H and O–H groups in total. The summed E-state index contributed by atoms with van der Waals surface area (Å²) in [4.78, 5) is 13.8. The van der Waals surface area contributed by atoms with Crippen LogP contribution in [0.1, 0.15) is 46.4 Å². The molecule has 4 aliphatic rings. The van der Waals surface area contributed by atoms with Crippen LogP contribution in [-0.2, 0) is 0 Å². The van der Waals surface area contributed by atoms with Crippen LogP contribution in [0.2, 0.25) is 0 Å². The molecule has 0 aliphatic carbocycles. The molecule has 0 atom stereocenters. The summed E-state index contributed by atoms with van der Waals surface area (Å²) in [6.45, 7) is 8.12. The van der Waals surface area contributed by atoms with E-state index in [1.54, 1.807) is 0 Å². The van der Waals surface area contributed by atoms with E-state index in [0.29, 0.717) is 0 Å². The molecule has 5 heteroatoms. The van der Waals surface area contributed by atoms with Crippen LogP contribution in [0.3, 0.4) is 0 Å². The number of hydrogen-bond acceptors (Lipinski definition) is 5. The lowest BCUT2D eigenvalue weighted by atomic mass is 10.2. The predicted octanol–water partition coefficient (Wildman–Crippen LogP) is 1.95. The number of nitrogens with zero attached hydrogens (tertiary/aromatic N) is 4. The molecule has 4 rings (SSSR count). The van der Waals surface area contributed by atoms with Crippen LogP contribution in [0.15, 0.2) is 9.98 Å². The Morgan fingerprint density at radius 1 is 0.762 bits per heavy atom. The van der Waals surface area contributed by atoms with Crippen molar-refractivity contribution in [2.24, 2.45) is 9.98 Å². The number of rotatable bonds is 0. The van der Waals surface area contributed by atoms with Gasteiger partial charge in [-0.25, -0.2) is 0 Å². The van der Waals surface area contributed by atoms with Gasteiger partial charge in [0.05, 0.1) is 5.84 Å². The van der Waals surface area contributed by atoms with Crippen LogP contribution >= 0.6 is 0 Å². The van der Waals surface area contributed by atoms with Gasteiger partial charge in [-0.05, 0) is 32.1 Å². The van der Waals surface area contributed by atoms with Crippen molar-refractivity contribution in [2.75, 3.05) is 45.8 Å². The Morgan fingerprint density at radius 2 is 1.52 bits per heavy atom. The van der Waals surface area contributed by atoms with Crippen molar-refractivity contribution in [1.82, 2.24) is 15.1 Å². The summed E-state index contributed by atoms with van der Waals surface area (Å²) >= 11 is 0. The maximum Gasteiger partial charge on any atom is 0.193 e. The molecule has 21 heavy (non-hydrogen) atoms. The Kier molecular flexibility index (Phi) is 5.35. The third kappa shape index (κ3) is 4.11. The third-order valence-electron chi connectivity index (χ3n) is 4.61. The highest BCUT2D eigenvalue weighted by Gasteiger charge is 2.17. The lowest BCUT2D eigenvalue weighted by Crippen LogP contribution is -2.49. The maximum absolute atomic E-state index is 4.55. The Bertz CT molecular complexity index is 396. The van der Waals surface area contributed by atoms with Gasteiger partial charge in [-0.2, -0.15) is 0 Å². The molecule has 0 radical (unpaired) electrons. The largest absolute Gasteiger partial charge is 0.360 e. The van der Waals surface area contributed by atoms with Crippen molar-refractivity contribution in [3.8, 4) is 0 Å². The van der Waals surface area contributed by atoms with Gasteiger partial charge < -0.3 is 15.1 Å². The Balaban J connectivity index is 0.000000154. The minimum Gasteiger partial charge on any atom is -0.360 e. The van der Waals surface area contributed by atoms with Crippen LogP contribution in [0.5, 0.6) is 0 Å². The van der Waals surface area contributed by atoms with E-state index in [4.69, 9.17) is 0 Å². The summed E-state index contributed by atoms with van der Waals surface area (Å²) in [7, 11) is 0. The normalized spacial score (nSPS) is 25.1. The van der Waals surface area contributed by atoms with Crippen LogP contribution in [0.4, 0.5) is 0 Å².